The first-order chi connectivity index (χ1) is 14.1. The maximum absolute atomic E-state index is 13.4. The van der Waals surface area contributed by atoms with Crippen molar-refractivity contribution in [3.63, 3.8) is 0 Å². The second-order valence-electron chi connectivity index (χ2n) is 6.49. The van der Waals surface area contributed by atoms with Gasteiger partial charge in [0.2, 0.25) is 0 Å². The van der Waals surface area contributed by atoms with E-state index in [2.05, 4.69) is 15.5 Å². The quantitative estimate of drug-likeness (QED) is 0.461. The van der Waals surface area contributed by atoms with E-state index in [0.29, 0.717) is 12.4 Å². The van der Waals surface area contributed by atoms with Gasteiger partial charge in [-0.2, -0.15) is 5.10 Å². The Kier molecular flexibility index (Phi) is 5.55. The van der Waals surface area contributed by atoms with Crippen LogP contribution in [0.2, 0.25) is 5.02 Å². The lowest BCUT2D eigenvalue weighted by Gasteiger charge is -2.06. The van der Waals surface area contributed by atoms with Crippen LogP contribution < -0.4 is 5.32 Å². The summed E-state index contributed by atoms with van der Waals surface area (Å²) in [5.74, 6) is -0.321. The fourth-order valence-electron chi connectivity index (χ4n) is 2.97. The van der Waals surface area contributed by atoms with E-state index in [1.165, 1.54) is 6.07 Å². The van der Waals surface area contributed by atoms with Gasteiger partial charge >= 0.3 is 0 Å². The summed E-state index contributed by atoms with van der Waals surface area (Å²) in [6, 6.07) is 19.8. The summed E-state index contributed by atoms with van der Waals surface area (Å²) in [6.07, 6.45) is 0. The Morgan fingerprint density at radius 2 is 1.83 bits per heavy atom. The van der Waals surface area contributed by atoms with Crippen LogP contribution in [-0.2, 0) is 16.1 Å². The minimum absolute atomic E-state index is 0.0654. The van der Waals surface area contributed by atoms with Crippen molar-refractivity contribution < 1.29 is 13.9 Å². The number of carbonyl (C=O) groups excluding carboxylic acids is 1. The number of nitrogens with one attached hydrogen (secondary N) is 2. The van der Waals surface area contributed by atoms with Crippen molar-refractivity contribution in [3.8, 4) is 11.1 Å². The number of fused-ring (bicyclic) bond motifs is 1. The summed E-state index contributed by atoms with van der Waals surface area (Å²) < 4.78 is 18.8. The van der Waals surface area contributed by atoms with Gasteiger partial charge in [-0.15, -0.1) is 0 Å². The van der Waals surface area contributed by atoms with Gasteiger partial charge in [-0.3, -0.25) is 9.89 Å². The first-order valence-corrected chi connectivity index (χ1v) is 9.33. The van der Waals surface area contributed by atoms with Crippen LogP contribution in [0.1, 0.15) is 5.56 Å². The van der Waals surface area contributed by atoms with E-state index in [1.807, 2.05) is 48.5 Å². The zero-order valence-electron chi connectivity index (χ0n) is 15.3. The molecule has 29 heavy (non-hydrogen) atoms. The number of aromatic nitrogens is 2. The molecule has 0 radical (unpaired) electrons. The van der Waals surface area contributed by atoms with Crippen LogP contribution in [0.3, 0.4) is 0 Å². The number of amides is 1. The fraction of sp³-hybridized carbons (Fsp3) is 0.0909. The molecule has 0 aliphatic carbocycles. The molecule has 7 heteroatoms. The lowest BCUT2D eigenvalue weighted by molar-refractivity contribution is -0.121. The molecule has 0 fully saturated rings. The van der Waals surface area contributed by atoms with Crippen LogP contribution in [0.25, 0.3) is 22.0 Å². The number of H-pyrrole nitrogens is 1. The highest BCUT2D eigenvalue weighted by atomic mass is 35.5. The first-order valence-electron chi connectivity index (χ1n) is 8.95. The van der Waals surface area contributed by atoms with E-state index < -0.39 is 5.82 Å². The number of halogens is 2. The third kappa shape index (κ3) is 4.45. The number of ether oxygens (including phenoxy) is 1. The molecule has 1 heterocycles. The number of hydrogen-bond donors (Lipinski definition) is 2. The van der Waals surface area contributed by atoms with E-state index >= 15 is 0 Å². The van der Waals surface area contributed by atoms with Crippen LogP contribution in [0, 0.1) is 5.82 Å². The molecular weight excluding hydrogens is 393 g/mol. The molecule has 0 unspecified atom stereocenters. The minimum Gasteiger partial charge on any atom is -0.367 e. The SMILES string of the molecule is O=C(COCc1ccccc1)Nc1n[nH]c2cc(-c3ccc(F)c(Cl)c3)ccc12. The third-order valence-electron chi connectivity index (χ3n) is 4.42. The van der Waals surface area contributed by atoms with Crippen molar-refractivity contribution in [1.82, 2.24) is 10.2 Å². The molecule has 4 rings (SSSR count). The van der Waals surface area contributed by atoms with Gasteiger partial charge in [0, 0.05) is 5.39 Å². The Bertz CT molecular complexity index is 1160. The number of aromatic amines is 1. The number of hydrogen-bond acceptors (Lipinski definition) is 3. The van der Waals surface area contributed by atoms with Crippen molar-refractivity contribution in [2.24, 2.45) is 0 Å². The van der Waals surface area contributed by atoms with Crippen molar-refractivity contribution in [2.75, 3.05) is 11.9 Å². The largest absolute Gasteiger partial charge is 0.367 e. The van der Waals surface area contributed by atoms with Gasteiger partial charge in [0.25, 0.3) is 5.91 Å². The maximum Gasteiger partial charge on any atom is 0.251 e. The smallest absolute Gasteiger partial charge is 0.251 e. The zero-order valence-corrected chi connectivity index (χ0v) is 16.0. The number of carbonyl (C=O) groups is 1. The zero-order chi connectivity index (χ0) is 20.2. The van der Waals surface area contributed by atoms with Gasteiger partial charge in [0.1, 0.15) is 12.4 Å². The van der Waals surface area contributed by atoms with Crippen LogP contribution in [0.5, 0.6) is 0 Å². The molecule has 0 bridgehead atoms. The van der Waals surface area contributed by atoms with Crippen molar-refractivity contribution in [2.45, 2.75) is 6.61 Å². The van der Waals surface area contributed by atoms with Gasteiger partial charge in [-0.05, 0) is 41.0 Å². The molecule has 1 aromatic heterocycles. The van der Waals surface area contributed by atoms with Gasteiger partial charge in [0.05, 0.1) is 17.1 Å². The normalized spacial score (nSPS) is 11.0. The summed E-state index contributed by atoms with van der Waals surface area (Å²) in [4.78, 5) is 12.2. The molecule has 0 saturated carbocycles. The van der Waals surface area contributed by atoms with Gasteiger partial charge < -0.3 is 10.1 Å². The summed E-state index contributed by atoms with van der Waals surface area (Å²) in [6.45, 7) is 0.286. The molecule has 5 nitrogen and oxygen atoms in total. The summed E-state index contributed by atoms with van der Waals surface area (Å²) in [5.41, 5.74) is 3.38. The second-order valence-corrected chi connectivity index (χ2v) is 6.90. The highest BCUT2D eigenvalue weighted by Crippen LogP contribution is 2.29. The third-order valence-corrected chi connectivity index (χ3v) is 4.71. The Balaban J connectivity index is 1.43. The van der Waals surface area contributed by atoms with E-state index in [4.69, 9.17) is 16.3 Å². The van der Waals surface area contributed by atoms with E-state index in [-0.39, 0.29) is 17.5 Å². The molecule has 0 spiro atoms. The molecule has 2 N–H and O–H groups in total. The molecule has 0 aliphatic rings. The second kappa shape index (κ2) is 8.43. The van der Waals surface area contributed by atoms with E-state index in [1.54, 1.807) is 12.1 Å². The molecule has 146 valence electrons. The summed E-state index contributed by atoms with van der Waals surface area (Å²) in [5, 5.41) is 10.6. The molecule has 0 saturated heterocycles. The van der Waals surface area contributed by atoms with Gasteiger partial charge in [0.15, 0.2) is 5.82 Å². The standard InChI is InChI=1S/C22H17ClFN3O2/c23-18-10-15(7-9-19(18)24)16-6-8-17-20(11-16)26-27-22(17)25-21(28)13-29-12-14-4-2-1-3-5-14/h1-11H,12-13H2,(H2,25,26,27,28). The van der Waals surface area contributed by atoms with E-state index in [9.17, 15) is 9.18 Å². The fourth-order valence-corrected chi connectivity index (χ4v) is 3.15. The molecule has 0 aliphatic heterocycles. The number of rotatable bonds is 6. The Labute approximate surface area is 171 Å². The molecular formula is C22H17ClFN3O2. The first kappa shape index (κ1) is 19.1. The van der Waals surface area contributed by atoms with E-state index in [0.717, 1.165) is 27.6 Å². The molecule has 0 atom stereocenters. The summed E-state index contributed by atoms with van der Waals surface area (Å²) in [7, 11) is 0. The predicted octanol–water partition coefficient (Wildman–Crippen LogP) is 5.18. The van der Waals surface area contributed by atoms with Crippen LogP contribution in [0.15, 0.2) is 66.7 Å². The number of anilines is 1. The van der Waals surface area contributed by atoms with Gasteiger partial charge in [-0.25, -0.2) is 4.39 Å². The summed E-state index contributed by atoms with van der Waals surface area (Å²) >= 11 is 5.87. The predicted molar refractivity (Wildman–Crippen MR) is 111 cm³/mol. The van der Waals surface area contributed by atoms with Crippen molar-refractivity contribution >= 4 is 34.2 Å². The highest BCUT2D eigenvalue weighted by Gasteiger charge is 2.11. The van der Waals surface area contributed by atoms with Gasteiger partial charge in [-0.1, -0.05) is 54.1 Å². The average molecular weight is 410 g/mol. The topological polar surface area (TPSA) is 67.0 Å². The Morgan fingerprint density at radius 1 is 1.07 bits per heavy atom. The molecule has 3 aromatic carbocycles. The van der Waals surface area contributed by atoms with Crippen molar-refractivity contribution in [1.29, 1.82) is 0 Å². The van der Waals surface area contributed by atoms with Crippen LogP contribution in [-0.4, -0.2) is 22.7 Å². The maximum atomic E-state index is 13.4. The number of nitrogens with zero attached hydrogens (tertiary/aromatic N) is 1. The monoisotopic (exact) mass is 409 g/mol. The minimum atomic E-state index is -0.461. The number of benzene rings is 3. The van der Waals surface area contributed by atoms with Crippen LogP contribution in [0.4, 0.5) is 10.2 Å². The Hall–Kier alpha value is -3.22. The lowest BCUT2D eigenvalue weighted by atomic mass is 10.0. The molecule has 1 amide bonds. The van der Waals surface area contributed by atoms with Crippen LogP contribution >= 0.6 is 11.6 Å². The lowest BCUT2D eigenvalue weighted by Crippen LogP contribution is -2.18. The Morgan fingerprint density at radius 3 is 2.62 bits per heavy atom. The average Bonchev–Trinajstić information content (AvgIpc) is 3.13. The molecule has 4 aromatic rings. The van der Waals surface area contributed by atoms with Crippen molar-refractivity contribution in [3.05, 3.63) is 83.1 Å². The highest BCUT2D eigenvalue weighted by molar-refractivity contribution is 6.31.